The molecule has 0 aliphatic heterocycles. The van der Waals surface area contributed by atoms with Crippen LogP contribution >= 0.6 is 0 Å². The molecule has 0 fully saturated rings. The molecule has 2 rings (SSSR count). The van der Waals surface area contributed by atoms with Gasteiger partial charge in [-0.25, -0.2) is 4.99 Å². The molecule has 0 bridgehead atoms. The van der Waals surface area contributed by atoms with Crippen LogP contribution in [0.1, 0.15) is 18.1 Å². The molecular weight excluding hydrogens is 392 g/mol. The van der Waals surface area contributed by atoms with E-state index in [-0.39, 0.29) is 0 Å². The van der Waals surface area contributed by atoms with Gasteiger partial charge in [-0.15, -0.1) is 0 Å². The second kappa shape index (κ2) is 12.7. The van der Waals surface area contributed by atoms with Gasteiger partial charge in [0, 0.05) is 19.1 Å². The number of nitrogens with zero attached hydrogens (tertiary/aromatic N) is 2. The topological polar surface area (TPSA) is 67.4 Å². The van der Waals surface area contributed by atoms with Crippen molar-refractivity contribution in [2.75, 3.05) is 48.5 Å². The van der Waals surface area contributed by atoms with Gasteiger partial charge in [-0.05, 0) is 50.7 Å². The minimum Gasteiger partial charge on any atom is -0.493 e. The number of benzene rings is 2. The molecule has 0 aromatic heterocycles. The SMILES string of the molecule is CCNC(=NCc1cc(OC)c(OC)c(OC)c1)NCC(Cc1ccccc1)N(C)C. The first-order valence-electron chi connectivity index (χ1n) is 10.5. The maximum atomic E-state index is 5.45. The fourth-order valence-corrected chi connectivity index (χ4v) is 3.28. The van der Waals surface area contributed by atoms with E-state index in [4.69, 9.17) is 19.2 Å². The molecule has 0 saturated carbocycles. The molecular formula is C24H36N4O3. The predicted molar refractivity (Wildman–Crippen MR) is 127 cm³/mol. The summed E-state index contributed by atoms with van der Waals surface area (Å²) in [5.41, 5.74) is 2.29. The van der Waals surface area contributed by atoms with Crippen LogP contribution < -0.4 is 24.8 Å². The first-order valence-corrected chi connectivity index (χ1v) is 10.5. The fraction of sp³-hybridized carbons (Fsp3) is 0.458. The van der Waals surface area contributed by atoms with E-state index in [1.807, 2.05) is 18.2 Å². The molecule has 0 amide bonds. The third-order valence-electron chi connectivity index (χ3n) is 5.04. The molecule has 1 atom stereocenters. The number of nitrogens with one attached hydrogen (secondary N) is 2. The molecule has 2 aromatic carbocycles. The Balaban J connectivity index is 2.10. The second-order valence-electron chi connectivity index (χ2n) is 7.42. The molecule has 0 radical (unpaired) electrons. The number of hydrogen-bond acceptors (Lipinski definition) is 5. The molecule has 2 N–H and O–H groups in total. The lowest BCUT2D eigenvalue weighted by Gasteiger charge is -2.25. The van der Waals surface area contributed by atoms with Crippen LogP contribution in [0.5, 0.6) is 17.2 Å². The van der Waals surface area contributed by atoms with Crippen molar-refractivity contribution in [3.05, 3.63) is 53.6 Å². The minimum absolute atomic E-state index is 0.340. The van der Waals surface area contributed by atoms with Crippen LogP contribution in [0.4, 0.5) is 0 Å². The van der Waals surface area contributed by atoms with Gasteiger partial charge in [0.25, 0.3) is 0 Å². The summed E-state index contributed by atoms with van der Waals surface area (Å²) in [4.78, 5) is 6.99. The smallest absolute Gasteiger partial charge is 0.203 e. The number of methoxy groups -OCH3 is 3. The summed E-state index contributed by atoms with van der Waals surface area (Å²) < 4.78 is 16.3. The van der Waals surface area contributed by atoms with E-state index in [1.165, 1.54) is 5.56 Å². The first-order chi connectivity index (χ1) is 15.0. The molecule has 0 saturated heterocycles. The van der Waals surface area contributed by atoms with Gasteiger partial charge in [0.2, 0.25) is 5.75 Å². The molecule has 2 aromatic rings. The van der Waals surface area contributed by atoms with Crippen LogP contribution in [0.25, 0.3) is 0 Å². The lowest BCUT2D eigenvalue weighted by Crippen LogP contribution is -2.46. The van der Waals surface area contributed by atoms with Gasteiger partial charge < -0.3 is 29.7 Å². The van der Waals surface area contributed by atoms with Crippen molar-refractivity contribution in [3.63, 3.8) is 0 Å². The van der Waals surface area contributed by atoms with Crippen molar-refractivity contribution in [1.29, 1.82) is 0 Å². The number of rotatable bonds is 11. The number of hydrogen-bond donors (Lipinski definition) is 2. The average molecular weight is 429 g/mol. The van der Waals surface area contributed by atoms with Crippen LogP contribution in [0, 0.1) is 0 Å². The molecule has 31 heavy (non-hydrogen) atoms. The van der Waals surface area contributed by atoms with Crippen LogP contribution in [-0.4, -0.2) is 65.4 Å². The van der Waals surface area contributed by atoms with Crippen LogP contribution in [0.3, 0.4) is 0 Å². The van der Waals surface area contributed by atoms with Gasteiger partial charge >= 0.3 is 0 Å². The Labute approximate surface area is 186 Å². The Morgan fingerprint density at radius 1 is 0.935 bits per heavy atom. The highest BCUT2D eigenvalue weighted by Gasteiger charge is 2.15. The maximum Gasteiger partial charge on any atom is 0.203 e. The van der Waals surface area contributed by atoms with Crippen molar-refractivity contribution in [2.24, 2.45) is 4.99 Å². The lowest BCUT2D eigenvalue weighted by molar-refractivity contribution is 0.290. The molecule has 0 heterocycles. The lowest BCUT2D eigenvalue weighted by atomic mass is 10.1. The number of ether oxygens (including phenoxy) is 3. The van der Waals surface area contributed by atoms with Crippen molar-refractivity contribution < 1.29 is 14.2 Å². The van der Waals surface area contributed by atoms with E-state index >= 15 is 0 Å². The highest BCUT2D eigenvalue weighted by atomic mass is 16.5. The highest BCUT2D eigenvalue weighted by Crippen LogP contribution is 2.38. The largest absolute Gasteiger partial charge is 0.493 e. The van der Waals surface area contributed by atoms with Gasteiger partial charge in [-0.1, -0.05) is 30.3 Å². The zero-order chi connectivity index (χ0) is 22.6. The first kappa shape index (κ1) is 24.3. The molecule has 0 spiro atoms. The van der Waals surface area contributed by atoms with Gasteiger partial charge in [-0.3, -0.25) is 0 Å². The van der Waals surface area contributed by atoms with E-state index < -0.39 is 0 Å². The summed E-state index contributed by atoms with van der Waals surface area (Å²) in [7, 11) is 9.04. The van der Waals surface area contributed by atoms with E-state index in [1.54, 1.807) is 21.3 Å². The number of aliphatic imine (C=N–C) groups is 1. The highest BCUT2D eigenvalue weighted by molar-refractivity contribution is 5.79. The van der Waals surface area contributed by atoms with E-state index in [0.29, 0.717) is 29.8 Å². The third-order valence-corrected chi connectivity index (χ3v) is 5.04. The third kappa shape index (κ3) is 7.36. The van der Waals surface area contributed by atoms with Crippen LogP contribution in [0.15, 0.2) is 47.5 Å². The number of guanidine groups is 1. The van der Waals surface area contributed by atoms with Crippen molar-refractivity contribution in [1.82, 2.24) is 15.5 Å². The van der Waals surface area contributed by atoms with Gasteiger partial charge in [0.1, 0.15) is 0 Å². The van der Waals surface area contributed by atoms with Gasteiger partial charge in [0.15, 0.2) is 17.5 Å². The summed E-state index contributed by atoms with van der Waals surface area (Å²) in [6.07, 6.45) is 0.965. The summed E-state index contributed by atoms with van der Waals surface area (Å²) in [6, 6.07) is 14.7. The second-order valence-corrected chi connectivity index (χ2v) is 7.42. The quantitative estimate of drug-likeness (QED) is 0.424. The Kier molecular flexibility index (Phi) is 9.97. The van der Waals surface area contributed by atoms with Gasteiger partial charge in [-0.2, -0.15) is 0 Å². The Bertz CT molecular complexity index is 800. The Morgan fingerprint density at radius 2 is 1.58 bits per heavy atom. The zero-order valence-electron chi connectivity index (χ0n) is 19.6. The molecule has 170 valence electrons. The van der Waals surface area contributed by atoms with E-state index in [2.05, 4.69) is 60.8 Å². The average Bonchev–Trinajstić information content (AvgIpc) is 2.79. The molecule has 0 aliphatic carbocycles. The Morgan fingerprint density at radius 3 is 2.10 bits per heavy atom. The summed E-state index contributed by atoms with van der Waals surface area (Å²) in [5, 5.41) is 6.81. The van der Waals surface area contributed by atoms with Crippen molar-refractivity contribution in [2.45, 2.75) is 25.9 Å². The monoisotopic (exact) mass is 428 g/mol. The Hall–Kier alpha value is -2.93. The molecule has 0 aliphatic rings. The molecule has 7 heteroatoms. The van der Waals surface area contributed by atoms with Crippen LogP contribution in [0.2, 0.25) is 0 Å². The number of likely N-dealkylation sites (N-methyl/N-ethyl adjacent to an activating group) is 1. The normalized spacial score (nSPS) is 12.4. The van der Waals surface area contributed by atoms with Crippen molar-refractivity contribution in [3.8, 4) is 17.2 Å². The van der Waals surface area contributed by atoms with E-state index in [9.17, 15) is 0 Å². The fourth-order valence-electron chi connectivity index (χ4n) is 3.28. The maximum absolute atomic E-state index is 5.45. The summed E-state index contributed by atoms with van der Waals surface area (Å²) >= 11 is 0. The summed E-state index contributed by atoms with van der Waals surface area (Å²) in [5.74, 6) is 2.61. The summed E-state index contributed by atoms with van der Waals surface area (Å²) in [6.45, 7) is 4.11. The predicted octanol–water partition coefficient (Wildman–Crippen LogP) is 2.94. The van der Waals surface area contributed by atoms with Crippen molar-refractivity contribution >= 4 is 5.96 Å². The zero-order valence-corrected chi connectivity index (χ0v) is 19.6. The van der Waals surface area contributed by atoms with Crippen LogP contribution in [-0.2, 0) is 13.0 Å². The minimum atomic E-state index is 0.340. The molecule has 7 nitrogen and oxygen atoms in total. The van der Waals surface area contributed by atoms with Gasteiger partial charge in [0.05, 0.1) is 27.9 Å². The van der Waals surface area contributed by atoms with E-state index in [0.717, 1.165) is 31.0 Å². The standard InChI is InChI=1S/C24H36N4O3/c1-7-25-24(27-17-20(28(2)3)13-18-11-9-8-10-12-18)26-16-19-14-21(29-4)23(31-6)22(15-19)30-5/h8-12,14-15,20H,7,13,16-17H2,1-6H3,(H2,25,26,27). The molecule has 1 unspecified atom stereocenters.